The molecule has 0 amide bonds. The molecule has 5 heteroatoms. The van der Waals surface area contributed by atoms with Crippen LogP contribution in [-0.2, 0) is 4.79 Å². The van der Waals surface area contributed by atoms with Crippen molar-refractivity contribution in [2.24, 2.45) is 11.7 Å². The Kier molecular flexibility index (Phi) is 4.27. The average Bonchev–Trinajstić information content (AvgIpc) is 2.39. The fourth-order valence-corrected chi connectivity index (χ4v) is 2.45. The van der Waals surface area contributed by atoms with Crippen molar-refractivity contribution in [3.8, 4) is 5.75 Å². The number of nitrogens with zero attached hydrogens (tertiary/aromatic N) is 1. The molecule has 0 saturated carbocycles. The van der Waals surface area contributed by atoms with E-state index >= 15 is 0 Å². The molecule has 19 heavy (non-hydrogen) atoms. The zero-order chi connectivity index (χ0) is 13.8. The van der Waals surface area contributed by atoms with E-state index in [0.29, 0.717) is 26.1 Å². The van der Waals surface area contributed by atoms with Gasteiger partial charge in [-0.25, -0.2) is 0 Å². The normalized spacial score (nSPS) is 23.2. The van der Waals surface area contributed by atoms with Crippen LogP contribution in [0.5, 0.6) is 5.75 Å². The summed E-state index contributed by atoms with van der Waals surface area (Å²) in [4.78, 5) is 13.1. The Morgan fingerprint density at radius 3 is 2.68 bits per heavy atom. The molecular formula is C14H20N2O3. The van der Waals surface area contributed by atoms with E-state index in [-0.39, 0.29) is 6.04 Å². The third kappa shape index (κ3) is 3.38. The number of ether oxygens (including phenoxy) is 1. The van der Waals surface area contributed by atoms with Crippen molar-refractivity contribution in [3.63, 3.8) is 0 Å². The lowest BCUT2D eigenvalue weighted by atomic mass is 9.94. The van der Waals surface area contributed by atoms with Crippen molar-refractivity contribution in [1.29, 1.82) is 0 Å². The summed E-state index contributed by atoms with van der Waals surface area (Å²) >= 11 is 0. The minimum atomic E-state index is -0.772. The molecule has 0 spiro atoms. The van der Waals surface area contributed by atoms with Crippen LogP contribution in [0.4, 0.5) is 5.69 Å². The number of carboxylic acid groups (broad SMARTS) is 1. The van der Waals surface area contributed by atoms with Gasteiger partial charge in [-0.05, 0) is 37.6 Å². The second-order valence-corrected chi connectivity index (χ2v) is 4.86. The molecule has 0 radical (unpaired) electrons. The molecule has 2 atom stereocenters. The van der Waals surface area contributed by atoms with Gasteiger partial charge in [0.25, 0.3) is 0 Å². The summed E-state index contributed by atoms with van der Waals surface area (Å²) in [6.07, 6.45) is 0.545. The number of rotatable bonds is 4. The summed E-state index contributed by atoms with van der Waals surface area (Å²) in [5.74, 6) is -0.344. The molecule has 1 saturated heterocycles. The largest absolute Gasteiger partial charge is 0.494 e. The summed E-state index contributed by atoms with van der Waals surface area (Å²) < 4.78 is 5.39. The van der Waals surface area contributed by atoms with Gasteiger partial charge < -0.3 is 20.5 Å². The Morgan fingerprint density at radius 2 is 2.11 bits per heavy atom. The number of hydrogen-bond donors (Lipinski definition) is 2. The Labute approximate surface area is 113 Å². The predicted octanol–water partition coefficient (Wildman–Crippen LogP) is 1.32. The first-order chi connectivity index (χ1) is 9.10. The fraction of sp³-hybridized carbons (Fsp3) is 0.500. The van der Waals surface area contributed by atoms with Crippen molar-refractivity contribution in [2.45, 2.75) is 19.4 Å². The standard InChI is InChI=1S/C14H20N2O3/c1-2-19-13-5-3-12(4-6-13)16-8-10(14(17)18)7-11(15)9-16/h3-6,10-11H,2,7-9,15H2,1H3,(H,17,18). The highest BCUT2D eigenvalue weighted by Gasteiger charge is 2.29. The number of carboxylic acids is 1. The summed E-state index contributed by atoms with van der Waals surface area (Å²) in [7, 11) is 0. The Hall–Kier alpha value is -1.75. The molecule has 1 aliphatic heterocycles. The highest BCUT2D eigenvalue weighted by molar-refractivity contribution is 5.71. The number of aliphatic carboxylic acids is 1. The van der Waals surface area contributed by atoms with E-state index in [9.17, 15) is 4.79 Å². The summed E-state index contributed by atoms with van der Waals surface area (Å²) in [6, 6.07) is 7.59. The molecular weight excluding hydrogens is 244 g/mol. The molecule has 104 valence electrons. The van der Waals surface area contributed by atoms with E-state index in [2.05, 4.69) is 0 Å². The van der Waals surface area contributed by atoms with Crippen LogP contribution < -0.4 is 15.4 Å². The molecule has 0 aromatic heterocycles. The minimum absolute atomic E-state index is 0.0959. The topological polar surface area (TPSA) is 75.8 Å². The number of nitrogens with two attached hydrogens (primary N) is 1. The van der Waals surface area contributed by atoms with Crippen molar-refractivity contribution < 1.29 is 14.6 Å². The first kappa shape index (κ1) is 13.7. The van der Waals surface area contributed by atoms with Crippen LogP contribution in [0.15, 0.2) is 24.3 Å². The van der Waals surface area contributed by atoms with Crippen molar-refractivity contribution in [2.75, 3.05) is 24.6 Å². The zero-order valence-electron chi connectivity index (χ0n) is 11.1. The van der Waals surface area contributed by atoms with Gasteiger partial charge >= 0.3 is 5.97 Å². The Balaban J connectivity index is 2.09. The molecule has 0 bridgehead atoms. The molecule has 3 N–H and O–H groups in total. The molecule has 1 aliphatic rings. The lowest BCUT2D eigenvalue weighted by molar-refractivity contribution is -0.142. The van der Waals surface area contributed by atoms with Gasteiger partial charge in [-0.3, -0.25) is 4.79 Å². The van der Waals surface area contributed by atoms with Gasteiger partial charge in [0.05, 0.1) is 12.5 Å². The van der Waals surface area contributed by atoms with Crippen LogP contribution in [0.3, 0.4) is 0 Å². The number of carbonyl (C=O) groups is 1. The Bertz CT molecular complexity index is 433. The summed E-state index contributed by atoms with van der Waals surface area (Å²) in [6.45, 7) is 3.78. The number of anilines is 1. The van der Waals surface area contributed by atoms with Gasteiger partial charge in [0.2, 0.25) is 0 Å². The molecule has 1 fully saturated rings. The number of hydrogen-bond acceptors (Lipinski definition) is 4. The van der Waals surface area contributed by atoms with Crippen LogP contribution in [0.25, 0.3) is 0 Å². The molecule has 1 aromatic rings. The maximum Gasteiger partial charge on any atom is 0.308 e. The van der Waals surface area contributed by atoms with Gasteiger partial charge in [-0.15, -0.1) is 0 Å². The average molecular weight is 264 g/mol. The second-order valence-electron chi connectivity index (χ2n) is 4.86. The highest BCUT2D eigenvalue weighted by Crippen LogP contribution is 2.25. The zero-order valence-corrected chi connectivity index (χ0v) is 11.1. The lowest BCUT2D eigenvalue weighted by Crippen LogP contribution is -2.49. The van der Waals surface area contributed by atoms with Crippen LogP contribution in [-0.4, -0.2) is 36.8 Å². The van der Waals surface area contributed by atoms with E-state index in [1.807, 2.05) is 36.1 Å². The maximum absolute atomic E-state index is 11.1. The summed E-state index contributed by atoms with van der Waals surface area (Å²) in [5, 5.41) is 9.13. The van der Waals surface area contributed by atoms with Gasteiger partial charge in [0.15, 0.2) is 0 Å². The molecule has 2 rings (SSSR count). The molecule has 1 aromatic carbocycles. The van der Waals surface area contributed by atoms with E-state index in [0.717, 1.165) is 11.4 Å². The molecule has 0 aliphatic carbocycles. The first-order valence-corrected chi connectivity index (χ1v) is 6.56. The first-order valence-electron chi connectivity index (χ1n) is 6.56. The van der Waals surface area contributed by atoms with Gasteiger partial charge in [-0.1, -0.05) is 0 Å². The van der Waals surface area contributed by atoms with Gasteiger partial charge in [-0.2, -0.15) is 0 Å². The summed E-state index contributed by atoms with van der Waals surface area (Å²) in [5.41, 5.74) is 6.93. The van der Waals surface area contributed by atoms with Crippen LogP contribution in [0, 0.1) is 5.92 Å². The third-order valence-electron chi connectivity index (χ3n) is 3.35. The van der Waals surface area contributed by atoms with Crippen LogP contribution >= 0.6 is 0 Å². The van der Waals surface area contributed by atoms with E-state index < -0.39 is 11.9 Å². The van der Waals surface area contributed by atoms with Crippen molar-refractivity contribution >= 4 is 11.7 Å². The smallest absolute Gasteiger partial charge is 0.308 e. The molecule has 1 heterocycles. The highest BCUT2D eigenvalue weighted by atomic mass is 16.5. The molecule has 5 nitrogen and oxygen atoms in total. The van der Waals surface area contributed by atoms with E-state index in [4.69, 9.17) is 15.6 Å². The van der Waals surface area contributed by atoms with Gasteiger partial charge in [0.1, 0.15) is 5.75 Å². The number of piperidine rings is 1. The monoisotopic (exact) mass is 264 g/mol. The second kappa shape index (κ2) is 5.93. The lowest BCUT2D eigenvalue weighted by Gasteiger charge is -2.36. The Morgan fingerprint density at radius 1 is 1.42 bits per heavy atom. The quantitative estimate of drug-likeness (QED) is 0.858. The van der Waals surface area contributed by atoms with E-state index in [1.54, 1.807) is 0 Å². The SMILES string of the molecule is CCOc1ccc(N2CC(N)CC(C(=O)O)C2)cc1. The maximum atomic E-state index is 11.1. The predicted molar refractivity (Wildman–Crippen MR) is 73.5 cm³/mol. The van der Waals surface area contributed by atoms with Gasteiger partial charge in [0, 0.05) is 24.8 Å². The van der Waals surface area contributed by atoms with Crippen molar-refractivity contribution in [3.05, 3.63) is 24.3 Å². The van der Waals surface area contributed by atoms with E-state index in [1.165, 1.54) is 0 Å². The minimum Gasteiger partial charge on any atom is -0.494 e. The number of benzene rings is 1. The van der Waals surface area contributed by atoms with Crippen LogP contribution in [0.2, 0.25) is 0 Å². The van der Waals surface area contributed by atoms with Crippen molar-refractivity contribution in [1.82, 2.24) is 0 Å². The third-order valence-corrected chi connectivity index (χ3v) is 3.35. The van der Waals surface area contributed by atoms with Crippen LogP contribution in [0.1, 0.15) is 13.3 Å². The fourth-order valence-electron chi connectivity index (χ4n) is 2.45. The molecule has 2 unspecified atom stereocenters.